The zero-order valence-corrected chi connectivity index (χ0v) is 18.6. The number of halogens is 2. The molecule has 4 aromatic rings. The molecular weight excluding hydrogens is 439 g/mol. The van der Waals surface area contributed by atoms with Crippen molar-refractivity contribution >= 4 is 40.4 Å². The van der Waals surface area contributed by atoms with E-state index in [-0.39, 0.29) is 5.91 Å². The van der Waals surface area contributed by atoms with Gasteiger partial charge in [0.1, 0.15) is 21.8 Å². The Balaban J connectivity index is 1.65. The summed E-state index contributed by atoms with van der Waals surface area (Å²) in [5.74, 6) is 0.527. The Bertz CT molecular complexity index is 1180. The van der Waals surface area contributed by atoms with Crippen LogP contribution >= 0.6 is 34.5 Å². The van der Waals surface area contributed by atoms with Crippen molar-refractivity contribution in [1.29, 1.82) is 0 Å². The molecule has 2 aromatic carbocycles. The molecule has 0 spiro atoms. The number of rotatable bonds is 5. The molecule has 1 amide bonds. The highest BCUT2D eigenvalue weighted by Crippen LogP contribution is 2.30. The lowest BCUT2D eigenvalue weighted by Gasteiger charge is -2.19. The maximum Gasteiger partial charge on any atom is 0.264 e. The van der Waals surface area contributed by atoms with Gasteiger partial charge < -0.3 is 9.88 Å². The molecule has 0 aliphatic carbocycles. The minimum atomic E-state index is -0.421. The Morgan fingerprint density at radius 1 is 1.07 bits per heavy atom. The summed E-state index contributed by atoms with van der Waals surface area (Å²) in [6.45, 7) is 1.84. The molecular formula is C22H18Cl2N4OS. The number of aryl methyl sites for hydroxylation is 2. The van der Waals surface area contributed by atoms with Gasteiger partial charge in [0, 0.05) is 35.1 Å². The van der Waals surface area contributed by atoms with E-state index < -0.39 is 6.04 Å². The number of amides is 1. The van der Waals surface area contributed by atoms with Crippen molar-refractivity contribution in [2.24, 2.45) is 7.05 Å². The second-order valence-electron chi connectivity index (χ2n) is 6.79. The monoisotopic (exact) mass is 456 g/mol. The number of hydrogen-bond donors (Lipinski definition) is 1. The van der Waals surface area contributed by atoms with Gasteiger partial charge in [0.25, 0.3) is 5.91 Å². The van der Waals surface area contributed by atoms with Crippen LogP contribution in [0, 0.1) is 6.92 Å². The number of nitrogens with one attached hydrogen (secondary N) is 1. The van der Waals surface area contributed by atoms with Gasteiger partial charge in [-0.15, -0.1) is 11.3 Å². The van der Waals surface area contributed by atoms with Crippen molar-refractivity contribution in [2.75, 3.05) is 0 Å². The third-order valence-corrected chi connectivity index (χ3v) is 6.40. The molecule has 0 aliphatic rings. The molecule has 0 aliphatic heterocycles. The van der Waals surface area contributed by atoms with Gasteiger partial charge in [-0.2, -0.15) is 0 Å². The molecule has 2 aromatic heterocycles. The molecule has 1 atom stereocenters. The van der Waals surface area contributed by atoms with E-state index in [1.807, 2.05) is 61.1 Å². The smallest absolute Gasteiger partial charge is 0.264 e. The number of carbonyl (C=O) groups excluding carboxylic acids is 1. The first-order valence-electron chi connectivity index (χ1n) is 9.19. The standard InChI is InChI=1S/C22H18Cl2N4OS/c1-13-19(30-22(26-13)15-5-9-17(24)10-6-15)21(29)27-18(20-25-11-12-28(20)2)14-3-7-16(23)8-4-14/h3-12,18H,1-2H3,(H,27,29)/t18-/m1/s1. The lowest BCUT2D eigenvalue weighted by Crippen LogP contribution is -2.31. The van der Waals surface area contributed by atoms with Crippen molar-refractivity contribution in [3.8, 4) is 10.6 Å². The Morgan fingerprint density at radius 3 is 2.30 bits per heavy atom. The van der Waals surface area contributed by atoms with Crippen LogP contribution in [-0.4, -0.2) is 20.4 Å². The highest BCUT2D eigenvalue weighted by atomic mass is 35.5. The van der Waals surface area contributed by atoms with Gasteiger partial charge >= 0.3 is 0 Å². The van der Waals surface area contributed by atoms with Crippen LogP contribution in [0.1, 0.15) is 32.8 Å². The summed E-state index contributed by atoms with van der Waals surface area (Å²) >= 11 is 13.4. The van der Waals surface area contributed by atoms with Crippen LogP contribution in [0.25, 0.3) is 10.6 Å². The number of aromatic nitrogens is 3. The summed E-state index contributed by atoms with van der Waals surface area (Å²) in [7, 11) is 1.90. The number of thiazole rings is 1. The first-order valence-corrected chi connectivity index (χ1v) is 10.8. The zero-order chi connectivity index (χ0) is 21.3. The summed E-state index contributed by atoms with van der Waals surface area (Å²) in [5.41, 5.74) is 2.49. The van der Waals surface area contributed by atoms with Gasteiger partial charge in [-0.3, -0.25) is 4.79 Å². The SMILES string of the molecule is Cc1nc(-c2ccc(Cl)cc2)sc1C(=O)N[C@H](c1ccc(Cl)cc1)c1nccn1C. The quantitative estimate of drug-likeness (QED) is 0.420. The van der Waals surface area contributed by atoms with E-state index in [0.29, 0.717) is 20.6 Å². The van der Waals surface area contributed by atoms with Crippen molar-refractivity contribution in [3.63, 3.8) is 0 Å². The normalized spacial score (nSPS) is 12.0. The number of carbonyl (C=O) groups is 1. The molecule has 0 bridgehead atoms. The Labute approximate surface area is 188 Å². The van der Waals surface area contributed by atoms with Crippen LogP contribution in [0.5, 0.6) is 0 Å². The maximum absolute atomic E-state index is 13.2. The predicted molar refractivity (Wildman–Crippen MR) is 121 cm³/mol. The Kier molecular flexibility index (Phi) is 5.90. The maximum atomic E-state index is 13.2. The summed E-state index contributed by atoms with van der Waals surface area (Å²) in [5, 5.41) is 5.18. The molecule has 4 rings (SSSR count). The minimum absolute atomic E-state index is 0.201. The van der Waals surface area contributed by atoms with Crippen LogP contribution in [-0.2, 0) is 7.05 Å². The van der Waals surface area contributed by atoms with Gasteiger partial charge in [-0.1, -0.05) is 47.5 Å². The molecule has 0 unspecified atom stereocenters. The summed E-state index contributed by atoms with van der Waals surface area (Å²) in [4.78, 5) is 22.8. The van der Waals surface area contributed by atoms with Crippen molar-refractivity contribution in [1.82, 2.24) is 19.9 Å². The minimum Gasteiger partial charge on any atom is -0.337 e. The fraction of sp³-hybridized carbons (Fsp3) is 0.136. The third kappa shape index (κ3) is 4.26. The van der Waals surface area contributed by atoms with Gasteiger partial charge in [0.15, 0.2) is 0 Å². The lowest BCUT2D eigenvalue weighted by atomic mass is 10.1. The molecule has 0 saturated carbocycles. The van der Waals surface area contributed by atoms with Crippen LogP contribution < -0.4 is 5.32 Å². The first-order chi connectivity index (χ1) is 14.4. The Hall–Kier alpha value is -2.67. The Morgan fingerprint density at radius 2 is 1.70 bits per heavy atom. The molecule has 0 radical (unpaired) electrons. The van der Waals surface area contributed by atoms with Crippen molar-refractivity contribution in [3.05, 3.63) is 92.9 Å². The van der Waals surface area contributed by atoms with E-state index in [9.17, 15) is 4.79 Å². The second kappa shape index (κ2) is 8.60. The molecule has 0 saturated heterocycles. The summed E-state index contributed by atoms with van der Waals surface area (Å²) in [6, 6.07) is 14.4. The largest absolute Gasteiger partial charge is 0.337 e. The second-order valence-corrected chi connectivity index (χ2v) is 8.67. The van der Waals surface area contributed by atoms with E-state index in [1.165, 1.54) is 11.3 Å². The van der Waals surface area contributed by atoms with E-state index in [2.05, 4.69) is 15.3 Å². The van der Waals surface area contributed by atoms with E-state index in [0.717, 1.165) is 22.0 Å². The van der Waals surface area contributed by atoms with Gasteiger partial charge in [-0.25, -0.2) is 9.97 Å². The first kappa shape index (κ1) is 20.6. The fourth-order valence-electron chi connectivity index (χ4n) is 3.13. The third-order valence-electron chi connectivity index (χ3n) is 4.69. The average Bonchev–Trinajstić information content (AvgIpc) is 3.33. The number of hydrogen-bond acceptors (Lipinski definition) is 4. The summed E-state index contributed by atoms with van der Waals surface area (Å²) < 4.78 is 1.89. The fourth-order valence-corrected chi connectivity index (χ4v) is 4.35. The number of benzene rings is 2. The van der Waals surface area contributed by atoms with Crippen molar-refractivity contribution < 1.29 is 4.79 Å². The zero-order valence-electron chi connectivity index (χ0n) is 16.3. The summed E-state index contributed by atoms with van der Waals surface area (Å²) in [6.07, 6.45) is 3.56. The topological polar surface area (TPSA) is 59.8 Å². The van der Waals surface area contributed by atoms with Gasteiger partial charge in [-0.05, 0) is 36.8 Å². The number of nitrogens with zero attached hydrogens (tertiary/aromatic N) is 3. The van der Waals surface area contributed by atoms with E-state index in [1.54, 1.807) is 18.3 Å². The molecule has 152 valence electrons. The van der Waals surface area contributed by atoms with Crippen LogP contribution in [0.15, 0.2) is 60.9 Å². The van der Waals surface area contributed by atoms with Crippen molar-refractivity contribution in [2.45, 2.75) is 13.0 Å². The molecule has 5 nitrogen and oxygen atoms in total. The lowest BCUT2D eigenvalue weighted by molar-refractivity contribution is 0.0944. The number of imidazole rings is 1. The molecule has 1 N–H and O–H groups in total. The van der Waals surface area contributed by atoms with Crippen LogP contribution in [0.2, 0.25) is 10.0 Å². The average molecular weight is 457 g/mol. The molecule has 0 fully saturated rings. The van der Waals surface area contributed by atoms with Gasteiger partial charge in [0.05, 0.1) is 5.69 Å². The molecule has 8 heteroatoms. The van der Waals surface area contributed by atoms with Crippen LogP contribution in [0.4, 0.5) is 0 Å². The van der Waals surface area contributed by atoms with Gasteiger partial charge in [0.2, 0.25) is 0 Å². The van der Waals surface area contributed by atoms with E-state index >= 15 is 0 Å². The highest BCUT2D eigenvalue weighted by Gasteiger charge is 2.24. The van der Waals surface area contributed by atoms with E-state index in [4.69, 9.17) is 23.2 Å². The highest BCUT2D eigenvalue weighted by molar-refractivity contribution is 7.17. The molecule has 2 heterocycles. The predicted octanol–water partition coefficient (Wildman–Crippen LogP) is 5.68. The van der Waals surface area contributed by atoms with Crippen LogP contribution in [0.3, 0.4) is 0 Å². The molecule has 30 heavy (non-hydrogen) atoms.